The van der Waals surface area contributed by atoms with Crippen LogP contribution in [0, 0.1) is 0 Å². The molecule has 1 saturated carbocycles. The molecular formula is C12H28NOY-. The van der Waals surface area contributed by atoms with E-state index in [9.17, 15) is 0 Å². The fourth-order valence-electron chi connectivity index (χ4n) is 1.34. The zero-order valence-electron chi connectivity index (χ0n) is 11.2. The van der Waals surface area contributed by atoms with Gasteiger partial charge in [0.2, 0.25) is 0 Å². The fourth-order valence-corrected chi connectivity index (χ4v) is 1.34. The molecule has 0 aliphatic heterocycles. The van der Waals surface area contributed by atoms with Crippen molar-refractivity contribution < 1.29 is 37.8 Å². The Balaban J connectivity index is -0.000000179. The zero-order valence-corrected chi connectivity index (χ0v) is 14.0. The molecule has 0 atom stereocenters. The van der Waals surface area contributed by atoms with E-state index in [0.717, 1.165) is 0 Å². The normalized spacial score (nSPS) is 15.4. The molecule has 0 aromatic rings. The average molecular weight is 291 g/mol. The summed E-state index contributed by atoms with van der Waals surface area (Å²) in [5.74, 6) is 0. The molecule has 1 aliphatic rings. The van der Waals surface area contributed by atoms with Crippen LogP contribution in [0.15, 0.2) is 0 Å². The van der Waals surface area contributed by atoms with Gasteiger partial charge in [-0.2, -0.15) is 7.05 Å². The Morgan fingerprint density at radius 3 is 1.60 bits per heavy atom. The van der Waals surface area contributed by atoms with Crippen LogP contribution >= 0.6 is 0 Å². The molecule has 1 radical (unpaired) electrons. The summed E-state index contributed by atoms with van der Waals surface area (Å²) in [7, 11) is 1.94. The van der Waals surface area contributed by atoms with Crippen LogP contribution in [0.2, 0.25) is 0 Å². The van der Waals surface area contributed by atoms with Crippen LogP contribution in [0.25, 0.3) is 5.32 Å². The monoisotopic (exact) mass is 291 g/mol. The van der Waals surface area contributed by atoms with Crippen molar-refractivity contribution >= 4 is 0 Å². The summed E-state index contributed by atoms with van der Waals surface area (Å²) in [5, 5.41) is 12.3. The Labute approximate surface area is 121 Å². The van der Waals surface area contributed by atoms with Gasteiger partial charge in [-0.15, -0.1) is 6.04 Å². The van der Waals surface area contributed by atoms with E-state index in [2.05, 4.69) is 5.32 Å². The predicted octanol–water partition coefficient (Wildman–Crippen LogP) is 3.73. The Hall–Kier alpha value is 1.02. The second kappa shape index (κ2) is 17.4. The van der Waals surface area contributed by atoms with Crippen molar-refractivity contribution in [3.8, 4) is 0 Å². The van der Waals surface area contributed by atoms with E-state index < -0.39 is 0 Å². The Morgan fingerprint density at radius 1 is 1.07 bits per heavy atom. The van der Waals surface area contributed by atoms with E-state index in [1.54, 1.807) is 13.8 Å². The molecule has 0 saturated heterocycles. The van der Waals surface area contributed by atoms with Gasteiger partial charge in [0.1, 0.15) is 0 Å². The Morgan fingerprint density at radius 2 is 1.40 bits per heavy atom. The molecular weight excluding hydrogens is 263 g/mol. The van der Waals surface area contributed by atoms with Gasteiger partial charge < -0.3 is 10.4 Å². The summed E-state index contributed by atoms with van der Waals surface area (Å²) in [4.78, 5) is 0. The summed E-state index contributed by atoms with van der Waals surface area (Å²) < 4.78 is 0. The topological polar surface area (TPSA) is 34.3 Å². The molecule has 0 unspecified atom stereocenters. The zero-order chi connectivity index (χ0) is 11.4. The predicted molar refractivity (Wildman–Crippen MR) is 64.9 cm³/mol. The van der Waals surface area contributed by atoms with Crippen LogP contribution < -0.4 is 0 Å². The van der Waals surface area contributed by atoms with Crippen molar-refractivity contribution in [2.45, 2.75) is 71.9 Å². The maximum Gasteiger partial charge on any atom is 0.0483 e. The van der Waals surface area contributed by atoms with Crippen LogP contribution in [0.4, 0.5) is 0 Å². The molecule has 0 aromatic carbocycles. The van der Waals surface area contributed by atoms with Crippen molar-refractivity contribution in [1.82, 2.24) is 0 Å². The number of hydrogen-bond donors (Lipinski definition) is 1. The van der Waals surface area contributed by atoms with Gasteiger partial charge >= 0.3 is 0 Å². The number of aliphatic hydroxyl groups is 1. The quantitative estimate of drug-likeness (QED) is 0.784. The summed E-state index contributed by atoms with van der Waals surface area (Å²) in [6.07, 6.45) is 6.77. The van der Waals surface area contributed by atoms with Crippen molar-refractivity contribution in [2.75, 3.05) is 7.05 Å². The molecule has 3 heteroatoms. The largest absolute Gasteiger partial charge is 0.662 e. The molecule has 0 spiro atoms. The maximum atomic E-state index is 8.06. The molecule has 0 aromatic heterocycles. The summed E-state index contributed by atoms with van der Waals surface area (Å²) in [6.45, 7) is 7.44. The first-order valence-electron chi connectivity index (χ1n) is 5.93. The van der Waals surface area contributed by atoms with E-state index in [4.69, 9.17) is 5.11 Å². The van der Waals surface area contributed by atoms with Crippen LogP contribution in [0.1, 0.15) is 59.8 Å². The van der Waals surface area contributed by atoms with E-state index in [-0.39, 0.29) is 38.8 Å². The van der Waals surface area contributed by atoms with Gasteiger partial charge in [0.05, 0.1) is 0 Å². The van der Waals surface area contributed by atoms with Gasteiger partial charge in [-0.25, -0.2) is 0 Å². The van der Waals surface area contributed by atoms with Crippen molar-refractivity contribution in [3.63, 3.8) is 0 Å². The van der Waals surface area contributed by atoms with Gasteiger partial charge in [-0.1, -0.05) is 46.0 Å². The van der Waals surface area contributed by atoms with Crippen LogP contribution in [0.3, 0.4) is 0 Å². The minimum atomic E-state index is -0.167. The van der Waals surface area contributed by atoms with Gasteiger partial charge in [-0.05, 0) is 13.8 Å². The molecule has 1 aliphatic carbocycles. The third-order valence-electron chi connectivity index (χ3n) is 1.94. The van der Waals surface area contributed by atoms with Crippen molar-refractivity contribution in [3.05, 3.63) is 5.32 Å². The van der Waals surface area contributed by atoms with E-state index in [1.165, 1.54) is 32.1 Å². The first kappa shape index (κ1) is 21.3. The fraction of sp³-hybridized carbons (Fsp3) is 1.00. The van der Waals surface area contributed by atoms with Crippen LogP contribution in [0.5, 0.6) is 0 Å². The third-order valence-corrected chi connectivity index (χ3v) is 1.94. The molecule has 0 bridgehead atoms. The third kappa shape index (κ3) is 21.0. The summed E-state index contributed by atoms with van der Waals surface area (Å²) >= 11 is 0. The second-order valence-corrected chi connectivity index (χ2v) is 3.64. The van der Waals surface area contributed by atoms with Crippen molar-refractivity contribution in [1.29, 1.82) is 0 Å². The van der Waals surface area contributed by atoms with Gasteiger partial charge in [0.15, 0.2) is 0 Å². The average Bonchev–Trinajstić information content (AvgIpc) is 2.21. The van der Waals surface area contributed by atoms with E-state index >= 15 is 0 Å². The number of hydrogen-bond acceptors (Lipinski definition) is 1. The standard InChI is InChI=1S/C7H14N.C3H8O.C2H6.Y/c1-8-7-5-3-2-4-6-7;1-3(2)4;1-2;/h7H,2-6H2,1H3;3-4H,1-2H3;1-2H3;/q-1;;;. The maximum absolute atomic E-state index is 8.06. The van der Waals surface area contributed by atoms with Crippen molar-refractivity contribution in [2.24, 2.45) is 0 Å². The smallest absolute Gasteiger partial charge is 0.0483 e. The van der Waals surface area contributed by atoms with Crippen LogP contribution in [-0.2, 0) is 32.7 Å². The number of rotatable bonds is 1. The molecule has 0 heterocycles. The summed E-state index contributed by atoms with van der Waals surface area (Å²) in [5.41, 5.74) is 0. The first-order chi connectivity index (χ1) is 6.66. The molecule has 1 rings (SSSR count). The Bertz CT molecular complexity index is 90.9. The van der Waals surface area contributed by atoms with Gasteiger partial charge in [0, 0.05) is 38.8 Å². The molecule has 1 fully saturated rings. The Kier molecular flexibility index (Phi) is 24.8. The van der Waals surface area contributed by atoms with Gasteiger partial charge in [-0.3, -0.25) is 0 Å². The second-order valence-electron chi connectivity index (χ2n) is 3.64. The SMILES string of the molecule is CC.CC(C)O.C[N-]C1CCCCC1.[Y]. The minimum Gasteiger partial charge on any atom is -0.662 e. The summed E-state index contributed by atoms with van der Waals surface area (Å²) in [6, 6.07) is 0.712. The van der Waals surface area contributed by atoms with Gasteiger partial charge in [0.25, 0.3) is 0 Å². The number of nitrogens with zero attached hydrogens (tertiary/aromatic N) is 1. The van der Waals surface area contributed by atoms with Crippen LogP contribution in [-0.4, -0.2) is 24.3 Å². The van der Waals surface area contributed by atoms with E-state index in [0.29, 0.717) is 6.04 Å². The molecule has 0 amide bonds. The minimum absolute atomic E-state index is 0. The molecule has 1 N–H and O–H groups in total. The first-order valence-corrected chi connectivity index (χ1v) is 5.93. The molecule has 91 valence electrons. The molecule has 2 nitrogen and oxygen atoms in total. The number of aliphatic hydroxyl groups excluding tert-OH is 1. The molecule has 15 heavy (non-hydrogen) atoms. The van der Waals surface area contributed by atoms with E-state index in [1.807, 2.05) is 20.9 Å².